The van der Waals surface area contributed by atoms with E-state index in [4.69, 9.17) is 10.5 Å². The molecule has 58 valence electrons. The topological polar surface area (TPSA) is 47.6 Å². The SMILES string of the molecule is CCC1CCCC1(C#N)C#N. The van der Waals surface area contributed by atoms with Crippen LogP contribution in [0.25, 0.3) is 0 Å². The van der Waals surface area contributed by atoms with Crippen LogP contribution in [0.3, 0.4) is 0 Å². The number of hydrogen-bond donors (Lipinski definition) is 0. The van der Waals surface area contributed by atoms with E-state index in [1.165, 1.54) is 0 Å². The summed E-state index contributed by atoms with van der Waals surface area (Å²) >= 11 is 0. The first-order valence-electron chi connectivity index (χ1n) is 4.11. The molecule has 11 heavy (non-hydrogen) atoms. The van der Waals surface area contributed by atoms with E-state index in [2.05, 4.69) is 19.1 Å². The maximum Gasteiger partial charge on any atom is 0.146 e. The molecule has 1 aliphatic carbocycles. The van der Waals surface area contributed by atoms with Gasteiger partial charge in [-0.2, -0.15) is 10.5 Å². The predicted octanol–water partition coefficient (Wildman–Crippen LogP) is 2.23. The molecular weight excluding hydrogens is 136 g/mol. The lowest BCUT2D eigenvalue weighted by Gasteiger charge is -2.18. The summed E-state index contributed by atoms with van der Waals surface area (Å²) in [6, 6.07) is 4.33. The van der Waals surface area contributed by atoms with Gasteiger partial charge in [0.1, 0.15) is 5.41 Å². The van der Waals surface area contributed by atoms with Crippen molar-refractivity contribution in [2.24, 2.45) is 11.3 Å². The molecule has 1 rings (SSSR count). The Kier molecular flexibility index (Phi) is 2.15. The van der Waals surface area contributed by atoms with Crippen LogP contribution in [0.4, 0.5) is 0 Å². The third kappa shape index (κ3) is 1.10. The van der Waals surface area contributed by atoms with Crippen LogP contribution in [-0.2, 0) is 0 Å². The zero-order chi connectivity index (χ0) is 8.32. The Hall–Kier alpha value is -1.02. The molecule has 0 saturated heterocycles. The quantitative estimate of drug-likeness (QED) is 0.572. The van der Waals surface area contributed by atoms with Gasteiger partial charge in [0.15, 0.2) is 0 Å². The van der Waals surface area contributed by atoms with Crippen LogP contribution in [0.2, 0.25) is 0 Å². The lowest BCUT2D eigenvalue weighted by Crippen LogP contribution is -2.20. The zero-order valence-corrected chi connectivity index (χ0v) is 6.80. The number of hydrogen-bond acceptors (Lipinski definition) is 2. The first kappa shape index (κ1) is 8.08. The van der Waals surface area contributed by atoms with E-state index in [1.54, 1.807) is 0 Å². The van der Waals surface area contributed by atoms with Gasteiger partial charge in [0, 0.05) is 0 Å². The Morgan fingerprint density at radius 1 is 1.45 bits per heavy atom. The van der Waals surface area contributed by atoms with Crippen molar-refractivity contribution < 1.29 is 0 Å². The number of rotatable bonds is 1. The molecule has 1 fully saturated rings. The molecule has 1 saturated carbocycles. The third-order valence-corrected chi connectivity index (χ3v) is 2.71. The molecule has 0 radical (unpaired) electrons. The second-order valence-corrected chi connectivity index (χ2v) is 3.19. The van der Waals surface area contributed by atoms with Gasteiger partial charge >= 0.3 is 0 Å². The highest BCUT2D eigenvalue weighted by molar-refractivity contribution is 5.18. The highest BCUT2D eigenvalue weighted by atomic mass is 14.5. The lowest BCUT2D eigenvalue weighted by atomic mass is 9.79. The molecular formula is C9H12N2. The summed E-state index contributed by atoms with van der Waals surface area (Å²) in [6.07, 6.45) is 3.83. The minimum absolute atomic E-state index is 0.317. The van der Waals surface area contributed by atoms with Crippen molar-refractivity contribution in [3.63, 3.8) is 0 Å². The van der Waals surface area contributed by atoms with Gasteiger partial charge in [-0.1, -0.05) is 19.8 Å². The summed E-state index contributed by atoms with van der Waals surface area (Å²) in [5, 5.41) is 17.7. The second-order valence-electron chi connectivity index (χ2n) is 3.19. The summed E-state index contributed by atoms with van der Waals surface area (Å²) in [7, 11) is 0. The molecule has 0 amide bonds. The van der Waals surface area contributed by atoms with E-state index in [0.29, 0.717) is 5.92 Å². The van der Waals surface area contributed by atoms with E-state index in [9.17, 15) is 0 Å². The van der Waals surface area contributed by atoms with Crippen molar-refractivity contribution in [3.05, 3.63) is 0 Å². The summed E-state index contributed by atoms with van der Waals surface area (Å²) in [4.78, 5) is 0. The van der Waals surface area contributed by atoms with Crippen LogP contribution >= 0.6 is 0 Å². The van der Waals surface area contributed by atoms with Crippen molar-refractivity contribution in [2.75, 3.05) is 0 Å². The van der Waals surface area contributed by atoms with Gasteiger partial charge in [-0.25, -0.2) is 0 Å². The van der Waals surface area contributed by atoms with Gasteiger partial charge in [0.05, 0.1) is 12.1 Å². The molecule has 0 bridgehead atoms. The Morgan fingerprint density at radius 2 is 2.09 bits per heavy atom. The molecule has 0 aliphatic heterocycles. The average Bonchev–Trinajstić information content (AvgIpc) is 2.47. The molecule has 2 heteroatoms. The molecule has 0 aromatic carbocycles. The smallest absolute Gasteiger partial charge is 0.146 e. The molecule has 0 spiro atoms. The Morgan fingerprint density at radius 3 is 2.45 bits per heavy atom. The lowest BCUT2D eigenvalue weighted by molar-refractivity contribution is 0.363. The summed E-state index contributed by atoms with van der Waals surface area (Å²) in [6.45, 7) is 2.05. The normalized spacial score (nSPS) is 27.4. The highest BCUT2D eigenvalue weighted by Gasteiger charge is 2.42. The van der Waals surface area contributed by atoms with Crippen molar-refractivity contribution in [1.29, 1.82) is 10.5 Å². The number of nitriles is 2. The molecule has 0 heterocycles. The van der Waals surface area contributed by atoms with Gasteiger partial charge in [0.25, 0.3) is 0 Å². The van der Waals surface area contributed by atoms with Crippen molar-refractivity contribution in [2.45, 2.75) is 32.6 Å². The zero-order valence-electron chi connectivity index (χ0n) is 6.80. The maximum atomic E-state index is 8.85. The van der Waals surface area contributed by atoms with E-state index in [0.717, 1.165) is 25.7 Å². The standard InChI is InChI=1S/C9H12N2/c1-2-8-4-3-5-9(8,6-10)7-11/h8H,2-5H2,1H3. The third-order valence-electron chi connectivity index (χ3n) is 2.71. The van der Waals surface area contributed by atoms with Crippen LogP contribution in [0.15, 0.2) is 0 Å². The van der Waals surface area contributed by atoms with Crippen LogP contribution in [-0.4, -0.2) is 0 Å². The van der Waals surface area contributed by atoms with Gasteiger partial charge in [-0.3, -0.25) is 0 Å². The fourth-order valence-electron chi connectivity index (χ4n) is 1.95. The molecule has 1 unspecified atom stereocenters. The fraction of sp³-hybridized carbons (Fsp3) is 0.778. The molecule has 0 N–H and O–H groups in total. The van der Waals surface area contributed by atoms with Crippen LogP contribution in [0.1, 0.15) is 32.6 Å². The minimum atomic E-state index is -0.644. The molecule has 1 atom stereocenters. The first-order valence-corrected chi connectivity index (χ1v) is 4.11. The minimum Gasteiger partial charge on any atom is -0.197 e. The van der Waals surface area contributed by atoms with Gasteiger partial charge < -0.3 is 0 Å². The Labute approximate surface area is 67.4 Å². The largest absolute Gasteiger partial charge is 0.197 e. The van der Waals surface area contributed by atoms with Crippen molar-refractivity contribution in [3.8, 4) is 12.1 Å². The average molecular weight is 148 g/mol. The van der Waals surface area contributed by atoms with Crippen LogP contribution in [0, 0.1) is 34.0 Å². The van der Waals surface area contributed by atoms with Crippen molar-refractivity contribution >= 4 is 0 Å². The van der Waals surface area contributed by atoms with E-state index >= 15 is 0 Å². The monoisotopic (exact) mass is 148 g/mol. The molecule has 0 aromatic rings. The van der Waals surface area contributed by atoms with Crippen LogP contribution in [0.5, 0.6) is 0 Å². The summed E-state index contributed by atoms with van der Waals surface area (Å²) in [5.74, 6) is 0.317. The summed E-state index contributed by atoms with van der Waals surface area (Å²) < 4.78 is 0. The van der Waals surface area contributed by atoms with Crippen molar-refractivity contribution in [1.82, 2.24) is 0 Å². The molecule has 2 nitrogen and oxygen atoms in total. The van der Waals surface area contributed by atoms with Gasteiger partial charge in [-0.15, -0.1) is 0 Å². The Bertz CT molecular complexity index is 205. The number of nitrogens with zero attached hydrogens (tertiary/aromatic N) is 2. The summed E-state index contributed by atoms with van der Waals surface area (Å²) in [5.41, 5.74) is -0.644. The first-order chi connectivity index (χ1) is 5.29. The Balaban J connectivity index is 2.85. The maximum absolute atomic E-state index is 8.85. The van der Waals surface area contributed by atoms with E-state index in [1.807, 2.05) is 0 Å². The van der Waals surface area contributed by atoms with Gasteiger partial charge in [-0.05, 0) is 18.8 Å². The second kappa shape index (κ2) is 2.93. The molecule has 0 aromatic heterocycles. The highest BCUT2D eigenvalue weighted by Crippen LogP contribution is 2.43. The van der Waals surface area contributed by atoms with E-state index < -0.39 is 5.41 Å². The molecule has 1 aliphatic rings. The van der Waals surface area contributed by atoms with Crippen LogP contribution < -0.4 is 0 Å². The predicted molar refractivity (Wildman–Crippen MR) is 41.3 cm³/mol. The fourth-order valence-corrected chi connectivity index (χ4v) is 1.95. The van der Waals surface area contributed by atoms with E-state index in [-0.39, 0.29) is 0 Å². The van der Waals surface area contributed by atoms with Gasteiger partial charge in [0.2, 0.25) is 0 Å².